The van der Waals surface area contributed by atoms with E-state index in [0.717, 1.165) is 0 Å². The second-order valence-corrected chi connectivity index (χ2v) is 4.52. The van der Waals surface area contributed by atoms with E-state index in [2.05, 4.69) is 5.92 Å². The van der Waals surface area contributed by atoms with Gasteiger partial charge >= 0.3 is 0 Å². The number of benzene rings is 1. The van der Waals surface area contributed by atoms with Crippen LogP contribution in [0.25, 0.3) is 0 Å². The molecule has 102 valence electrons. The molecule has 1 aliphatic heterocycles. The first kappa shape index (κ1) is 14.0. The van der Waals surface area contributed by atoms with E-state index in [-0.39, 0.29) is 0 Å². The quantitative estimate of drug-likeness (QED) is 0.524. The molecule has 0 aromatic heterocycles. The van der Waals surface area contributed by atoms with Crippen molar-refractivity contribution in [2.45, 2.75) is 30.5 Å². The predicted molar refractivity (Wildman–Crippen MR) is 67.1 cm³/mol. The number of hydrogen-bond acceptors (Lipinski definition) is 5. The third kappa shape index (κ3) is 2.63. The summed E-state index contributed by atoms with van der Waals surface area (Å²) < 4.78 is 5.44. The molecular weight excluding hydrogens is 248 g/mol. The number of rotatable bonds is 2. The Labute approximate surface area is 111 Å². The largest absolute Gasteiger partial charge is 0.394 e. The van der Waals surface area contributed by atoms with Crippen LogP contribution in [-0.2, 0) is 4.74 Å². The highest BCUT2D eigenvalue weighted by atomic mass is 16.5. The lowest BCUT2D eigenvalue weighted by Gasteiger charge is -2.40. The summed E-state index contributed by atoms with van der Waals surface area (Å²) in [7, 11) is 0. The van der Waals surface area contributed by atoms with Gasteiger partial charge in [-0.05, 0) is 17.7 Å². The zero-order valence-corrected chi connectivity index (χ0v) is 10.2. The molecule has 2 rings (SSSR count). The molecule has 1 aromatic rings. The maximum atomic E-state index is 9.97. The summed E-state index contributed by atoms with van der Waals surface area (Å²) in [5, 5.41) is 38.5. The molecule has 4 N–H and O–H groups in total. The summed E-state index contributed by atoms with van der Waals surface area (Å²) in [4.78, 5) is 0. The Hall–Kier alpha value is -1.42. The van der Waals surface area contributed by atoms with Crippen LogP contribution in [0, 0.1) is 12.3 Å². The predicted octanol–water partition coefficient (Wildman–Crippen LogP) is -0.817. The van der Waals surface area contributed by atoms with Gasteiger partial charge in [0.05, 0.1) is 6.61 Å². The van der Waals surface area contributed by atoms with Gasteiger partial charge in [0.15, 0.2) is 0 Å². The Bertz CT molecular complexity index is 479. The number of terminal acetylenes is 1. The van der Waals surface area contributed by atoms with Crippen LogP contribution >= 0.6 is 0 Å². The van der Waals surface area contributed by atoms with Gasteiger partial charge in [0.1, 0.15) is 30.5 Å². The number of aliphatic hydroxyl groups is 4. The van der Waals surface area contributed by atoms with Gasteiger partial charge in [0.25, 0.3) is 0 Å². The lowest BCUT2D eigenvalue weighted by atomic mass is 9.91. The molecule has 5 unspecified atom stereocenters. The highest BCUT2D eigenvalue weighted by Gasteiger charge is 2.43. The molecule has 5 atom stereocenters. The fraction of sp³-hybridized carbons (Fsp3) is 0.429. The van der Waals surface area contributed by atoms with Crippen LogP contribution in [-0.4, -0.2) is 51.4 Å². The van der Waals surface area contributed by atoms with Crippen LogP contribution in [0.1, 0.15) is 17.2 Å². The molecule has 0 saturated carbocycles. The number of ether oxygens (including phenoxy) is 1. The third-order valence-electron chi connectivity index (χ3n) is 3.27. The van der Waals surface area contributed by atoms with E-state index < -0.39 is 37.1 Å². The van der Waals surface area contributed by atoms with E-state index in [1.807, 2.05) is 0 Å². The van der Waals surface area contributed by atoms with Crippen molar-refractivity contribution in [1.82, 2.24) is 0 Å². The fourth-order valence-electron chi connectivity index (χ4n) is 2.18. The average Bonchev–Trinajstić information content (AvgIpc) is 2.45. The third-order valence-corrected chi connectivity index (χ3v) is 3.27. The molecule has 1 heterocycles. The minimum absolute atomic E-state index is 0.448. The molecule has 0 aliphatic carbocycles. The van der Waals surface area contributed by atoms with Crippen LogP contribution < -0.4 is 0 Å². The minimum Gasteiger partial charge on any atom is -0.394 e. The van der Waals surface area contributed by atoms with Crippen molar-refractivity contribution in [3.8, 4) is 12.3 Å². The molecule has 0 amide bonds. The van der Waals surface area contributed by atoms with Crippen molar-refractivity contribution >= 4 is 0 Å². The number of hydrogen-bond donors (Lipinski definition) is 4. The van der Waals surface area contributed by atoms with E-state index in [0.29, 0.717) is 11.1 Å². The Morgan fingerprint density at radius 3 is 2.53 bits per heavy atom. The van der Waals surface area contributed by atoms with Crippen molar-refractivity contribution < 1.29 is 25.2 Å². The van der Waals surface area contributed by atoms with Crippen LogP contribution in [0.4, 0.5) is 0 Å². The highest BCUT2D eigenvalue weighted by Crippen LogP contribution is 2.32. The Morgan fingerprint density at radius 1 is 1.16 bits per heavy atom. The monoisotopic (exact) mass is 264 g/mol. The molecule has 5 heteroatoms. The van der Waals surface area contributed by atoms with Crippen molar-refractivity contribution in [2.75, 3.05) is 6.61 Å². The maximum absolute atomic E-state index is 9.97. The zero-order chi connectivity index (χ0) is 14.0. The van der Waals surface area contributed by atoms with Gasteiger partial charge in [-0.3, -0.25) is 0 Å². The summed E-state index contributed by atoms with van der Waals surface area (Å²) in [6.45, 7) is -0.448. The van der Waals surface area contributed by atoms with E-state index in [1.165, 1.54) is 0 Å². The molecule has 0 spiro atoms. The summed E-state index contributed by atoms with van der Waals surface area (Å²) in [6, 6.07) is 6.81. The van der Waals surface area contributed by atoms with Crippen LogP contribution in [0.2, 0.25) is 0 Å². The first-order valence-electron chi connectivity index (χ1n) is 5.95. The van der Waals surface area contributed by atoms with E-state index in [1.54, 1.807) is 24.3 Å². The molecule has 1 aliphatic rings. The van der Waals surface area contributed by atoms with E-state index in [4.69, 9.17) is 16.3 Å². The second kappa shape index (κ2) is 5.70. The number of aliphatic hydroxyl groups excluding tert-OH is 4. The topological polar surface area (TPSA) is 90.2 Å². The first-order chi connectivity index (χ1) is 9.08. The molecule has 1 fully saturated rings. The molecular formula is C14H16O5. The van der Waals surface area contributed by atoms with Gasteiger partial charge in [-0.1, -0.05) is 18.1 Å². The lowest BCUT2D eigenvalue weighted by molar-refractivity contribution is -0.231. The fourth-order valence-corrected chi connectivity index (χ4v) is 2.18. The smallest absolute Gasteiger partial charge is 0.113 e. The molecule has 1 aromatic carbocycles. The van der Waals surface area contributed by atoms with E-state index >= 15 is 0 Å². The zero-order valence-electron chi connectivity index (χ0n) is 10.2. The first-order valence-corrected chi connectivity index (χ1v) is 5.95. The van der Waals surface area contributed by atoms with Gasteiger partial charge in [-0.25, -0.2) is 0 Å². The molecule has 1 saturated heterocycles. The van der Waals surface area contributed by atoms with Crippen LogP contribution in [0.15, 0.2) is 24.3 Å². The maximum Gasteiger partial charge on any atom is 0.113 e. The standard InChI is InChI=1S/C14H16O5/c1-2-8-4-3-5-9(6-8)14-13(18)12(17)11(16)10(7-15)19-14/h1,3-6,10-18H,7H2. The Kier molecular flexibility index (Phi) is 4.20. The second-order valence-electron chi connectivity index (χ2n) is 4.52. The summed E-state index contributed by atoms with van der Waals surface area (Å²) in [6.07, 6.45) is -0.484. The van der Waals surface area contributed by atoms with Gasteiger partial charge in [0.2, 0.25) is 0 Å². The van der Waals surface area contributed by atoms with Crippen molar-refractivity contribution in [3.05, 3.63) is 35.4 Å². The average molecular weight is 264 g/mol. The van der Waals surface area contributed by atoms with Crippen molar-refractivity contribution in [2.24, 2.45) is 0 Å². The summed E-state index contributed by atoms with van der Waals surface area (Å²) in [5.41, 5.74) is 1.21. The van der Waals surface area contributed by atoms with E-state index in [9.17, 15) is 15.3 Å². The summed E-state index contributed by atoms with van der Waals surface area (Å²) >= 11 is 0. The van der Waals surface area contributed by atoms with Crippen LogP contribution in [0.3, 0.4) is 0 Å². The highest BCUT2D eigenvalue weighted by molar-refractivity contribution is 5.36. The van der Waals surface area contributed by atoms with Crippen molar-refractivity contribution in [1.29, 1.82) is 0 Å². The van der Waals surface area contributed by atoms with Crippen molar-refractivity contribution in [3.63, 3.8) is 0 Å². The van der Waals surface area contributed by atoms with Gasteiger partial charge in [-0.2, -0.15) is 0 Å². The molecule has 5 nitrogen and oxygen atoms in total. The molecule has 19 heavy (non-hydrogen) atoms. The normalized spacial score (nSPS) is 34.8. The van der Waals surface area contributed by atoms with Crippen LogP contribution in [0.5, 0.6) is 0 Å². The Balaban J connectivity index is 2.30. The molecule has 0 bridgehead atoms. The van der Waals surface area contributed by atoms with Gasteiger partial charge < -0.3 is 25.2 Å². The Morgan fingerprint density at radius 2 is 1.89 bits per heavy atom. The molecule has 0 radical (unpaired) electrons. The summed E-state index contributed by atoms with van der Waals surface area (Å²) in [5.74, 6) is 2.47. The minimum atomic E-state index is -1.38. The lowest BCUT2D eigenvalue weighted by Crippen LogP contribution is -2.55. The van der Waals surface area contributed by atoms with Gasteiger partial charge in [0, 0.05) is 5.56 Å². The SMILES string of the molecule is C#Cc1cccc(C2OC(CO)C(O)C(O)C2O)c1. The van der Waals surface area contributed by atoms with Gasteiger partial charge in [-0.15, -0.1) is 6.42 Å².